The van der Waals surface area contributed by atoms with E-state index in [1.54, 1.807) is 38.1 Å². The third kappa shape index (κ3) is 4.93. The topological polar surface area (TPSA) is 75.6 Å². The summed E-state index contributed by atoms with van der Waals surface area (Å²) in [5.41, 5.74) is -0.925. The summed E-state index contributed by atoms with van der Waals surface area (Å²) in [6.07, 6.45) is 0.905. The number of nitrogens with one attached hydrogen (secondary N) is 1. The maximum Gasteiger partial charge on any atom is 0.311 e. The van der Waals surface area contributed by atoms with Crippen LogP contribution in [0, 0.1) is 5.41 Å². The number of carboxylic acids is 1. The minimum atomic E-state index is -0.925. The third-order valence-electron chi connectivity index (χ3n) is 3.60. The predicted octanol–water partition coefficient (Wildman–Crippen LogP) is 2.73. The van der Waals surface area contributed by atoms with Crippen LogP contribution < -0.4 is 10.1 Å². The molecule has 1 amide bonds. The van der Waals surface area contributed by atoms with Crippen molar-refractivity contribution in [2.75, 3.05) is 13.2 Å². The van der Waals surface area contributed by atoms with Gasteiger partial charge in [-0.2, -0.15) is 0 Å². The Hall–Kier alpha value is -1.75. The summed E-state index contributed by atoms with van der Waals surface area (Å²) in [6, 6.07) is 6.73. The van der Waals surface area contributed by atoms with Gasteiger partial charge in [0, 0.05) is 11.6 Å². The number of aliphatic carboxylic acids is 1. The zero-order valence-electron chi connectivity index (χ0n) is 12.2. The Morgan fingerprint density at radius 2 is 2.00 bits per heavy atom. The highest BCUT2D eigenvalue weighted by molar-refractivity contribution is 6.30. The van der Waals surface area contributed by atoms with Crippen molar-refractivity contribution >= 4 is 23.5 Å². The first kappa shape index (κ1) is 17.3. The molecule has 0 spiro atoms. The molecule has 0 atom stereocenters. The smallest absolute Gasteiger partial charge is 0.311 e. The van der Waals surface area contributed by atoms with Gasteiger partial charge in [0.25, 0.3) is 5.91 Å². The number of carbonyl (C=O) groups excluding carboxylic acids is 1. The molecule has 116 valence electrons. The molecule has 0 saturated carbocycles. The molecule has 0 bridgehead atoms. The highest BCUT2D eigenvalue weighted by atomic mass is 35.5. The molecular formula is C15H20ClNO4. The van der Waals surface area contributed by atoms with Crippen LogP contribution in [-0.2, 0) is 9.59 Å². The molecule has 1 aromatic carbocycles. The van der Waals surface area contributed by atoms with Crippen LogP contribution in [0.1, 0.15) is 26.7 Å². The van der Waals surface area contributed by atoms with E-state index in [0.29, 0.717) is 23.6 Å². The Morgan fingerprint density at radius 3 is 2.52 bits per heavy atom. The summed E-state index contributed by atoms with van der Waals surface area (Å²) < 4.78 is 5.30. The minimum Gasteiger partial charge on any atom is -0.484 e. The lowest BCUT2D eigenvalue weighted by atomic mass is 9.82. The summed E-state index contributed by atoms with van der Waals surface area (Å²) in [7, 11) is 0. The van der Waals surface area contributed by atoms with Crippen LogP contribution in [0.25, 0.3) is 0 Å². The van der Waals surface area contributed by atoms with E-state index >= 15 is 0 Å². The van der Waals surface area contributed by atoms with Gasteiger partial charge in [0.05, 0.1) is 5.41 Å². The van der Waals surface area contributed by atoms with Gasteiger partial charge in [-0.3, -0.25) is 9.59 Å². The summed E-state index contributed by atoms with van der Waals surface area (Å²) in [6.45, 7) is 3.51. The van der Waals surface area contributed by atoms with Gasteiger partial charge in [-0.05, 0) is 31.0 Å². The van der Waals surface area contributed by atoms with Crippen LogP contribution in [0.2, 0.25) is 5.02 Å². The van der Waals surface area contributed by atoms with Gasteiger partial charge in [-0.15, -0.1) is 0 Å². The van der Waals surface area contributed by atoms with Crippen molar-refractivity contribution in [3.05, 3.63) is 29.3 Å². The van der Waals surface area contributed by atoms with Gasteiger partial charge in [-0.25, -0.2) is 0 Å². The number of amides is 1. The van der Waals surface area contributed by atoms with Gasteiger partial charge in [0.1, 0.15) is 5.75 Å². The van der Waals surface area contributed by atoms with Crippen LogP contribution in [0.5, 0.6) is 5.75 Å². The van der Waals surface area contributed by atoms with E-state index in [4.69, 9.17) is 16.3 Å². The van der Waals surface area contributed by atoms with Crippen molar-refractivity contribution in [3.63, 3.8) is 0 Å². The number of carbonyl (C=O) groups is 2. The fourth-order valence-electron chi connectivity index (χ4n) is 1.90. The molecule has 5 nitrogen and oxygen atoms in total. The number of ether oxygens (including phenoxy) is 1. The average molecular weight is 314 g/mol. The van der Waals surface area contributed by atoms with Crippen molar-refractivity contribution in [1.82, 2.24) is 5.32 Å². The Morgan fingerprint density at radius 1 is 1.33 bits per heavy atom. The van der Waals surface area contributed by atoms with Crippen LogP contribution in [0.15, 0.2) is 24.3 Å². The fraction of sp³-hybridized carbons (Fsp3) is 0.467. The molecule has 1 aromatic rings. The second kappa shape index (κ2) is 7.88. The van der Waals surface area contributed by atoms with Crippen LogP contribution >= 0.6 is 11.6 Å². The zero-order chi connectivity index (χ0) is 15.9. The molecule has 0 aliphatic carbocycles. The van der Waals surface area contributed by atoms with E-state index < -0.39 is 11.4 Å². The van der Waals surface area contributed by atoms with Crippen LogP contribution in [0.4, 0.5) is 0 Å². The standard InChI is InChI=1S/C15H20ClNO4/c1-3-15(4-2,14(19)20)10-17-13(18)9-21-12-7-5-6-11(16)8-12/h5-8H,3-4,9-10H2,1-2H3,(H,17,18)(H,19,20). The summed E-state index contributed by atoms with van der Waals surface area (Å²) in [5, 5.41) is 12.4. The molecule has 2 N–H and O–H groups in total. The number of hydrogen-bond acceptors (Lipinski definition) is 3. The number of benzene rings is 1. The van der Waals surface area contributed by atoms with E-state index in [1.807, 2.05) is 0 Å². The number of rotatable bonds is 8. The molecule has 0 aromatic heterocycles. The van der Waals surface area contributed by atoms with Gasteiger partial charge in [-0.1, -0.05) is 31.5 Å². The maximum atomic E-state index is 11.7. The summed E-state index contributed by atoms with van der Waals surface area (Å²) in [4.78, 5) is 23.1. The van der Waals surface area contributed by atoms with Crippen LogP contribution in [0.3, 0.4) is 0 Å². The van der Waals surface area contributed by atoms with Crippen LogP contribution in [-0.4, -0.2) is 30.1 Å². The van der Waals surface area contributed by atoms with Crippen molar-refractivity contribution in [3.8, 4) is 5.75 Å². The van der Waals surface area contributed by atoms with Gasteiger partial charge >= 0.3 is 5.97 Å². The quantitative estimate of drug-likeness (QED) is 0.773. The second-order valence-corrected chi connectivity index (χ2v) is 5.25. The molecule has 0 aliphatic rings. The molecule has 0 heterocycles. The molecule has 1 rings (SSSR count). The fourth-order valence-corrected chi connectivity index (χ4v) is 2.08. The molecule has 0 radical (unpaired) electrons. The molecule has 0 fully saturated rings. The molecule has 0 aliphatic heterocycles. The highest BCUT2D eigenvalue weighted by Crippen LogP contribution is 2.25. The zero-order valence-corrected chi connectivity index (χ0v) is 12.9. The van der Waals surface area contributed by atoms with Gasteiger partial charge in [0.15, 0.2) is 6.61 Å². The molecule has 6 heteroatoms. The lowest BCUT2D eigenvalue weighted by Crippen LogP contribution is -2.43. The van der Waals surface area contributed by atoms with Gasteiger partial charge < -0.3 is 15.2 Å². The van der Waals surface area contributed by atoms with Gasteiger partial charge in [0.2, 0.25) is 0 Å². The molecule has 0 unspecified atom stereocenters. The molecular weight excluding hydrogens is 294 g/mol. The Balaban J connectivity index is 2.49. The summed E-state index contributed by atoms with van der Waals surface area (Å²) >= 11 is 5.81. The first-order valence-corrected chi connectivity index (χ1v) is 7.19. The Bertz CT molecular complexity index is 500. The van der Waals surface area contributed by atoms with Crippen molar-refractivity contribution in [2.45, 2.75) is 26.7 Å². The first-order chi connectivity index (χ1) is 9.93. The van der Waals surface area contributed by atoms with E-state index in [0.717, 1.165) is 0 Å². The Kier molecular flexibility index (Phi) is 6.49. The third-order valence-corrected chi connectivity index (χ3v) is 3.83. The first-order valence-electron chi connectivity index (χ1n) is 6.82. The van der Waals surface area contributed by atoms with Crippen molar-refractivity contribution in [1.29, 1.82) is 0 Å². The van der Waals surface area contributed by atoms with E-state index in [-0.39, 0.29) is 19.1 Å². The lowest BCUT2D eigenvalue weighted by molar-refractivity contribution is -0.149. The van der Waals surface area contributed by atoms with E-state index in [2.05, 4.69) is 5.32 Å². The van der Waals surface area contributed by atoms with E-state index in [9.17, 15) is 14.7 Å². The van der Waals surface area contributed by atoms with Crippen molar-refractivity contribution in [2.24, 2.45) is 5.41 Å². The molecule has 0 saturated heterocycles. The number of hydrogen-bond donors (Lipinski definition) is 2. The minimum absolute atomic E-state index is 0.0903. The lowest BCUT2D eigenvalue weighted by Gasteiger charge is -2.26. The van der Waals surface area contributed by atoms with Crippen molar-refractivity contribution < 1.29 is 19.4 Å². The number of halogens is 1. The second-order valence-electron chi connectivity index (χ2n) is 4.82. The molecule has 21 heavy (non-hydrogen) atoms. The maximum absolute atomic E-state index is 11.7. The monoisotopic (exact) mass is 313 g/mol. The normalized spacial score (nSPS) is 11.0. The largest absolute Gasteiger partial charge is 0.484 e. The van der Waals surface area contributed by atoms with E-state index in [1.165, 1.54) is 0 Å². The number of carboxylic acid groups (broad SMARTS) is 1. The SMILES string of the molecule is CCC(CC)(CNC(=O)COc1cccc(Cl)c1)C(=O)O. The highest BCUT2D eigenvalue weighted by Gasteiger charge is 2.35. The Labute approximate surface area is 129 Å². The summed E-state index contributed by atoms with van der Waals surface area (Å²) in [5.74, 6) is -0.765. The predicted molar refractivity (Wildman–Crippen MR) is 80.6 cm³/mol. The average Bonchev–Trinajstić information content (AvgIpc) is 2.46.